The minimum atomic E-state index is -3.39. The maximum absolute atomic E-state index is 11.3. The van der Waals surface area contributed by atoms with Gasteiger partial charge in [0.25, 0.3) is 0 Å². The van der Waals surface area contributed by atoms with Crippen molar-refractivity contribution in [3.63, 3.8) is 0 Å². The molecule has 0 aliphatic rings. The lowest BCUT2D eigenvalue weighted by Crippen LogP contribution is -2.16. The monoisotopic (exact) mass is 225 g/mol. The molecule has 0 aliphatic carbocycles. The number of sulfonamides is 1. The van der Waals surface area contributed by atoms with E-state index >= 15 is 0 Å². The van der Waals surface area contributed by atoms with Crippen LogP contribution < -0.4 is 4.72 Å². The van der Waals surface area contributed by atoms with Gasteiger partial charge < -0.3 is 0 Å². The van der Waals surface area contributed by atoms with Gasteiger partial charge in [0.1, 0.15) is 6.07 Å². The molecule has 80 valence electrons. The Balaban J connectivity index is 3.15. The van der Waals surface area contributed by atoms with Crippen LogP contribution in [0.5, 0.6) is 0 Å². The second-order valence-electron chi connectivity index (χ2n) is 2.97. The number of nitrogens with zero attached hydrogens (tertiary/aromatic N) is 2. The highest BCUT2D eigenvalue weighted by atomic mass is 32.2. The molecule has 0 aromatic carbocycles. The van der Waals surface area contributed by atoms with E-state index in [1.165, 1.54) is 13.0 Å². The minimum absolute atomic E-state index is 0.0481. The Hall–Kier alpha value is -1.61. The van der Waals surface area contributed by atoms with Gasteiger partial charge in [0, 0.05) is 5.69 Å². The Labute approximate surface area is 88.8 Å². The second-order valence-corrected chi connectivity index (χ2v) is 4.98. The zero-order valence-electron chi connectivity index (χ0n) is 8.48. The summed E-state index contributed by atoms with van der Waals surface area (Å²) in [4.78, 5) is 3.96. The van der Waals surface area contributed by atoms with E-state index in [1.807, 2.05) is 6.07 Å². The molecule has 6 heteroatoms. The number of hydrogen-bond donors (Lipinski definition) is 1. The number of hydrogen-bond acceptors (Lipinski definition) is 4. The summed E-state index contributed by atoms with van der Waals surface area (Å²) in [6.45, 7) is 3.25. The highest BCUT2D eigenvalue weighted by molar-refractivity contribution is 7.92. The fourth-order valence-electron chi connectivity index (χ4n) is 0.944. The number of anilines is 1. The van der Waals surface area contributed by atoms with Crippen molar-refractivity contribution in [3.8, 4) is 6.07 Å². The Kier molecular flexibility index (Phi) is 3.27. The van der Waals surface area contributed by atoms with Crippen molar-refractivity contribution >= 4 is 15.8 Å². The molecule has 0 amide bonds. The van der Waals surface area contributed by atoms with Crippen LogP contribution in [0.3, 0.4) is 0 Å². The van der Waals surface area contributed by atoms with E-state index < -0.39 is 10.0 Å². The first-order chi connectivity index (χ1) is 6.98. The highest BCUT2D eigenvalue weighted by Crippen LogP contribution is 2.13. The lowest BCUT2D eigenvalue weighted by Gasteiger charge is -2.06. The van der Waals surface area contributed by atoms with E-state index in [1.54, 1.807) is 13.0 Å². The topological polar surface area (TPSA) is 82.8 Å². The van der Waals surface area contributed by atoms with E-state index in [4.69, 9.17) is 5.26 Å². The maximum Gasteiger partial charge on any atom is 0.233 e. The minimum Gasteiger partial charge on any atom is -0.266 e. The molecule has 0 unspecified atom stereocenters. The van der Waals surface area contributed by atoms with Crippen molar-refractivity contribution in [2.75, 3.05) is 10.5 Å². The lowest BCUT2D eigenvalue weighted by molar-refractivity contribution is 0.602. The van der Waals surface area contributed by atoms with E-state index in [0.717, 1.165) is 0 Å². The third kappa shape index (κ3) is 2.92. The van der Waals surface area contributed by atoms with Gasteiger partial charge in [-0.05, 0) is 26.0 Å². The molecule has 0 saturated carbocycles. The fourth-order valence-corrected chi connectivity index (χ4v) is 1.54. The predicted octanol–water partition coefficient (Wildman–Crippen LogP) is 1.02. The second kappa shape index (κ2) is 4.28. The molecule has 1 aromatic rings. The van der Waals surface area contributed by atoms with Gasteiger partial charge in [-0.3, -0.25) is 4.72 Å². The van der Waals surface area contributed by atoms with Crippen molar-refractivity contribution in [2.45, 2.75) is 13.8 Å². The standard InChI is InChI=1S/C9H11N3O2S/c1-3-15(13,14)12-9-8(6-10)5-4-7(2)11-9/h4-5H,3H2,1-2H3,(H,11,12). The van der Waals surface area contributed by atoms with Gasteiger partial charge in [0.05, 0.1) is 11.3 Å². The van der Waals surface area contributed by atoms with Gasteiger partial charge in [-0.1, -0.05) is 0 Å². The molecule has 0 atom stereocenters. The molecular formula is C9H11N3O2S. The zero-order chi connectivity index (χ0) is 11.5. The molecule has 1 rings (SSSR count). The number of aryl methyl sites for hydroxylation is 1. The van der Waals surface area contributed by atoms with Crippen LogP contribution in [0, 0.1) is 18.3 Å². The average molecular weight is 225 g/mol. The van der Waals surface area contributed by atoms with Crippen LogP contribution in [0.1, 0.15) is 18.2 Å². The molecule has 5 nitrogen and oxygen atoms in total. The summed E-state index contributed by atoms with van der Waals surface area (Å²) in [6.07, 6.45) is 0. The molecule has 1 N–H and O–H groups in total. The van der Waals surface area contributed by atoms with Gasteiger partial charge in [0.15, 0.2) is 5.82 Å². The van der Waals surface area contributed by atoms with Gasteiger partial charge in [-0.15, -0.1) is 0 Å². The van der Waals surface area contributed by atoms with Gasteiger partial charge in [-0.25, -0.2) is 13.4 Å². The van der Waals surface area contributed by atoms with Crippen LogP contribution in [0.2, 0.25) is 0 Å². The van der Waals surface area contributed by atoms with Crippen molar-refractivity contribution in [2.24, 2.45) is 0 Å². The van der Waals surface area contributed by atoms with E-state index in [2.05, 4.69) is 9.71 Å². The molecule has 1 heterocycles. The van der Waals surface area contributed by atoms with Crippen LogP contribution in [-0.2, 0) is 10.0 Å². The van der Waals surface area contributed by atoms with Crippen LogP contribution in [0.4, 0.5) is 5.82 Å². The summed E-state index contributed by atoms with van der Waals surface area (Å²) in [6, 6.07) is 5.07. The van der Waals surface area contributed by atoms with Crippen molar-refractivity contribution < 1.29 is 8.42 Å². The van der Waals surface area contributed by atoms with Crippen molar-refractivity contribution in [3.05, 3.63) is 23.4 Å². The van der Waals surface area contributed by atoms with Crippen LogP contribution in [0.25, 0.3) is 0 Å². The number of nitrogens with one attached hydrogen (secondary N) is 1. The number of aromatic nitrogens is 1. The normalized spacial score (nSPS) is 10.7. The molecule has 0 fully saturated rings. The third-order valence-electron chi connectivity index (χ3n) is 1.79. The summed E-state index contributed by atoms with van der Waals surface area (Å²) in [5.41, 5.74) is 0.875. The van der Waals surface area contributed by atoms with Gasteiger partial charge in [-0.2, -0.15) is 5.26 Å². The summed E-state index contributed by atoms with van der Waals surface area (Å²) in [5, 5.41) is 8.75. The van der Waals surface area contributed by atoms with Gasteiger partial charge >= 0.3 is 0 Å². The van der Waals surface area contributed by atoms with E-state index in [9.17, 15) is 8.42 Å². The molecule has 15 heavy (non-hydrogen) atoms. The maximum atomic E-state index is 11.3. The molecule has 0 aliphatic heterocycles. The number of rotatable bonds is 3. The molecule has 0 radical (unpaired) electrons. The average Bonchev–Trinajstić information content (AvgIpc) is 2.18. The highest BCUT2D eigenvalue weighted by Gasteiger charge is 2.11. The lowest BCUT2D eigenvalue weighted by atomic mass is 10.2. The van der Waals surface area contributed by atoms with Crippen molar-refractivity contribution in [1.29, 1.82) is 5.26 Å². The summed E-state index contributed by atoms with van der Waals surface area (Å²) < 4.78 is 24.8. The first-order valence-electron chi connectivity index (χ1n) is 4.36. The van der Waals surface area contributed by atoms with E-state index in [0.29, 0.717) is 5.69 Å². The molecule has 0 saturated heterocycles. The summed E-state index contributed by atoms with van der Waals surface area (Å²) in [5.74, 6) is 0.0485. The smallest absolute Gasteiger partial charge is 0.233 e. The Morgan fingerprint density at radius 1 is 1.53 bits per heavy atom. The number of nitriles is 1. The number of pyridine rings is 1. The van der Waals surface area contributed by atoms with Gasteiger partial charge in [0.2, 0.25) is 10.0 Å². The molecular weight excluding hydrogens is 214 g/mol. The predicted molar refractivity (Wildman–Crippen MR) is 56.8 cm³/mol. The summed E-state index contributed by atoms with van der Waals surface area (Å²) in [7, 11) is -3.39. The van der Waals surface area contributed by atoms with Crippen LogP contribution >= 0.6 is 0 Å². The fraction of sp³-hybridized carbons (Fsp3) is 0.333. The van der Waals surface area contributed by atoms with E-state index in [-0.39, 0.29) is 17.1 Å². The first-order valence-corrected chi connectivity index (χ1v) is 6.02. The quantitative estimate of drug-likeness (QED) is 0.832. The zero-order valence-corrected chi connectivity index (χ0v) is 9.30. The van der Waals surface area contributed by atoms with Crippen LogP contribution in [-0.4, -0.2) is 19.2 Å². The Morgan fingerprint density at radius 3 is 2.73 bits per heavy atom. The van der Waals surface area contributed by atoms with Crippen molar-refractivity contribution in [1.82, 2.24) is 4.98 Å². The third-order valence-corrected chi connectivity index (χ3v) is 3.05. The summed E-state index contributed by atoms with van der Waals surface area (Å²) >= 11 is 0. The SMILES string of the molecule is CCS(=O)(=O)Nc1nc(C)ccc1C#N. The Bertz CT molecular complexity index is 503. The molecule has 1 aromatic heterocycles. The molecule has 0 spiro atoms. The first kappa shape index (κ1) is 11.5. The van der Waals surface area contributed by atoms with Crippen LogP contribution in [0.15, 0.2) is 12.1 Å². The molecule has 0 bridgehead atoms. The largest absolute Gasteiger partial charge is 0.266 e. The Morgan fingerprint density at radius 2 is 2.20 bits per heavy atom.